The molecule has 1 aliphatic rings. The number of alkyl halides is 1. The van der Waals surface area contributed by atoms with Crippen molar-refractivity contribution in [2.45, 2.75) is 26.8 Å². The smallest absolute Gasteiger partial charge is 0.228 e. The first-order chi connectivity index (χ1) is 8.11. The van der Waals surface area contributed by atoms with Gasteiger partial charge in [-0.05, 0) is 11.8 Å². The fraction of sp³-hybridized carbons (Fsp3) is 0.667. The van der Waals surface area contributed by atoms with Gasteiger partial charge in [0.15, 0.2) is 0 Å². The first kappa shape index (κ1) is 12.6. The topological polar surface area (TPSA) is 38.1 Å². The molecule has 1 saturated heterocycles. The minimum Gasteiger partial charge on any atom is -0.297 e. The Morgan fingerprint density at radius 2 is 2.35 bits per heavy atom. The van der Waals surface area contributed by atoms with Gasteiger partial charge < -0.3 is 0 Å². The number of carbonyl (C=O) groups excluding carboxylic acids is 1. The number of hydrogen-bond donors (Lipinski definition) is 0. The molecule has 1 unspecified atom stereocenters. The van der Waals surface area contributed by atoms with Gasteiger partial charge in [0.1, 0.15) is 5.82 Å². The summed E-state index contributed by atoms with van der Waals surface area (Å²) >= 11 is 3.45. The van der Waals surface area contributed by atoms with Gasteiger partial charge in [0.25, 0.3) is 0 Å². The molecular weight excluding hydrogens is 282 g/mol. The van der Waals surface area contributed by atoms with E-state index in [0.717, 1.165) is 24.2 Å². The first-order valence-corrected chi connectivity index (χ1v) is 7.12. The Bertz CT molecular complexity index is 402. The molecule has 17 heavy (non-hydrogen) atoms. The van der Waals surface area contributed by atoms with Crippen LogP contribution < -0.4 is 4.90 Å². The third-order valence-electron chi connectivity index (χ3n) is 2.93. The summed E-state index contributed by atoms with van der Waals surface area (Å²) in [5.41, 5.74) is 0. The van der Waals surface area contributed by atoms with Crippen LogP contribution in [0.3, 0.4) is 0 Å². The van der Waals surface area contributed by atoms with Crippen molar-refractivity contribution in [1.29, 1.82) is 0 Å². The maximum Gasteiger partial charge on any atom is 0.228 e. The Morgan fingerprint density at radius 3 is 2.94 bits per heavy atom. The molecule has 1 aromatic rings. The number of carbonyl (C=O) groups is 1. The predicted molar refractivity (Wildman–Crippen MR) is 71.3 cm³/mol. The van der Waals surface area contributed by atoms with Crippen LogP contribution in [-0.4, -0.2) is 27.6 Å². The summed E-state index contributed by atoms with van der Waals surface area (Å²) in [6, 6.07) is 1.93. The van der Waals surface area contributed by atoms with Gasteiger partial charge in [-0.2, -0.15) is 5.10 Å². The number of anilines is 1. The van der Waals surface area contributed by atoms with Gasteiger partial charge in [0.2, 0.25) is 5.91 Å². The molecule has 5 heteroatoms. The van der Waals surface area contributed by atoms with Gasteiger partial charge in [-0.15, -0.1) is 0 Å². The maximum atomic E-state index is 11.9. The SMILES string of the molecule is CC(C)Cn1nccc1N1CC(CBr)CC1=O. The zero-order valence-electron chi connectivity index (χ0n) is 10.3. The molecule has 1 aliphatic heterocycles. The quantitative estimate of drug-likeness (QED) is 0.800. The van der Waals surface area contributed by atoms with Gasteiger partial charge in [-0.25, -0.2) is 4.68 Å². The van der Waals surface area contributed by atoms with Crippen LogP contribution in [0.5, 0.6) is 0 Å². The van der Waals surface area contributed by atoms with Crippen molar-refractivity contribution in [3.8, 4) is 0 Å². The van der Waals surface area contributed by atoms with E-state index in [2.05, 4.69) is 34.9 Å². The zero-order chi connectivity index (χ0) is 12.4. The molecule has 2 heterocycles. The second-order valence-electron chi connectivity index (χ2n) is 4.99. The molecule has 0 N–H and O–H groups in total. The van der Waals surface area contributed by atoms with Crippen molar-refractivity contribution in [2.75, 3.05) is 16.8 Å². The van der Waals surface area contributed by atoms with Crippen LogP contribution in [0.25, 0.3) is 0 Å². The monoisotopic (exact) mass is 299 g/mol. The highest BCUT2D eigenvalue weighted by Crippen LogP contribution is 2.26. The summed E-state index contributed by atoms with van der Waals surface area (Å²) in [6.45, 7) is 5.95. The Balaban J connectivity index is 2.17. The highest BCUT2D eigenvalue weighted by molar-refractivity contribution is 9.09. The fourth-order valence-electron chi connectivity index (χ4n) is 2.15. The number of rotatable bonds is 4. The van der Waals surface area contributed by atoms with Crippen LogP contribution in [0.1, 0.15) is 20.3 Å². The molecule has 0 bridgehead atoms. The van der Waals surface area contributed by atoms with Crippen LogP contribution in [-0.2, 0) is 11.3 Å². The van der Waals surface area contributed by atoms with E-state index >= 15 is 0 Å². The van der Waals surface area contributed by atoms with Crippen LogP contribution in [0.4, 0.5) is 5.82 Å². The number of hydrogen-bond acceptors (Lipinski definition) is 2. The van der Waals surface area contributed by atoms with Crippen LogP contribution >= 0.6 is 15.9 Å². The fourth-order valence-corrected chi connectivity index (χ4v) is 2.58. The van der Waals surface area contributed by atoms with Crippen molar-refractivity contribution in [1.82, 2.24) is 9.78 Å². The van der Waals surface area contributed by atoms with Gasteiger partial charge in [0, 0.05) is 30.9 Å². The van der Waals surface area contributed by atoms with Crippen LogP contribution in [0.15, 0.2) is 12.3 Å². The molecule has 0 aromatic carbocycles. The summed E-state index contributed by atoms with van der Waals surface area (Å²) in [6.07, 6.45) is 2.41. The number of halogens is 1. The number of amides is 1. The molecule has 0 saturated carbocycles. The predicted octanol–water partition coefficient (Wildman–Crippen LogP) is 2.29. The van der Waals surface area contributed by atoms with E-state index in [1.807, 2.05) is 15.6 Å². The Labute approximate surface area is 110 Å². The van der Waals surface area contributed by atoms with Crippen LogP contribution in [0, 0.1) is 11.8 Å². The molecule has 1 fully saturated rings. The highest BCUT2D eigenvalue weighted by Gasteiger charge is 2.31. The molecule has 0 aliphatic carbocycles. The summed E-state index contributed by atoms with van der Waals surface area (Å²) in [7, 11) is 0. The Morgan fingerprint density at radius 1 is 1.59 bits per heavy atom. The maximum absolute atomic E-state index is 11.9. The van der Waals surface area contributed by atoms with E-state index in [0.29, 0.717) is 18.3 Å². The highest BCUT2D eigenvalue weighted by atomic mass is 79.9. The largest absolute Gasteiger partial charge is 0.297 e. The molecular formula is C12H18BrN3O. The van der Waals surface area contributed by atoms with Gasteiger partial charge in [0.05, 0.1) is 6.20 Å². The van der Waals surface area contributed by atoms with E-state index in [1.54, 1.807) is 6.20 Å². The van der Waals surface area contributed by atoms with Crippen molar-refractivity contribution in [3.05, 3.63) is 12.3 Å². The number of nitrogens with zero attached hydrogens (tertiary/aromatic N) is 3. The lowest BCUT2D eigenvalue weighted by Gasteiger charge is -2.18. The molecule has 94 valence electrons. The van der Waals surface area contributed by atoms with E-state index in [9.17, 15) is 4.79 Å². The Hall–Kier alpha value is -0.840. The van der Waals surface area contributed by atoms with Gasteiger partial charge in [-0.1, -0.05) is 29.8 Å². The average Bonchev–Trinajstić information content (AvgIpc) is 2.83. The van der Waals surface area contributed by atoms with Crippen LogP contribution in [0.2, 0.25) is 0 Å². The Kier molecular flexibility index (Phi) is 3.86. The average molecular weight is 300 g/mol. The lowest BCUT2D eigenvalue weighted by atomic mass is 10.2. The molecule has 1 aromatic heterocycles. The van der Waals surface area contributed by atoms with Gasteiger partial charge >= 0.3 is 0 Å². The van der Waals surface area contributed by atoms with E-state index in [-0.39, 0.29) is 5.91 Å². The zero-order valence-corrected chi connectivity index (χ0v) is 11.9. The van der Waals surface area contributed by atoms with E-state index in [4.69, 9.17) is 0 Å². The normalized spacial score (nSPS) is 20.6. The summed E-state index contributed by atoms with van der Waals surface area (Å²) in [5.74, 6) is 2.09. The number of aromatic nitrogens is 2. The van der Waals surface area contributed by atoms with Crippen molar-refractivity contribution >= 4 is 27.7 Å². The lowest BCUT2D eigenvalue weighted by Crippen LogP contribution is -2.28. The van der Waals surface area contributed by atoms with Crippen molar-refractivity contribution in [2.24, 2.45) is 11.8 Å². The third-order valence-corrected chi connectivity index (χ3v) is 3.85. The molecule has 4 nitrogen and oxygen atoms in total. The summed E-state index contributed by atoms with van der Waals surface area (Å²) in [5, 5.41) is 5.18. The molecule has 1 atom stereocenters. The second-order valence-corrected chi connectivity index (χ2v) is 5.64. The molecule has 0 spiro atoms. The van der Waals surface area contributed by atoms with Gasteiger partial charge in [-0.3, -0.25) is 9.69 Å². The standard InChI is InChI=1S/C12H18BrN3O/c1-9(2)7-16-11(3-4-14-16)15-8-10(6-13)5-12(15)17/h3-4,9-10H,5-8H2,1-2H3. The molecule has 1 amide bonds. The third kappa shape index (κ3) is 2.70. The lowest BCUT2D eigenvalue weighted by molar-refractivity contribution is -0.117. The minimum atomic E-state index is 0.208. The second kappa shape index (κ2) is 5.21. The minimum absolute atomic E-state index is 0.208. The molecule has 0 radical (unpaired) electrons. The van der Waals surface area contributed by atoms with E-state index in [1.165, 1.54) is 0 Å². The van der Waals surface area contributed by atoms with Crippen molar-refractivity contribution < 1.29 is 4.79 Å². The first-order valence-electron chi connectivity index (χ1n) is 6.00. The molecule has 2 rings (SSSR count). The summed E-state index contributed by atoms with van der Waals surface area (Å²) in [4.78, 5) is 13.8. The van der Waals surface area contributed by atoms with Crippen molar-refractivity contribution in [3.63, 3.8) is 0 Å². The van der Waals surface area contributed by atoms with E-state index < -0.39 is 0 Å². The summed E-state index contributed by atoms with van der Waals surface area (Å²) < 4.78 is 1.93.